The van der Waals surface area contributed by atoms with Gasteiger partial charge in [0, 0.05) is 0 Å². The molecule has 0 bridgehead atoms. The van der Waals surface area contributed by atoms with Crippen molar-refractivity contribution in [1.29, 1.82) is 0 Å². The van der Waals surface area contributed by atoms with Crippen LogP contribution in [0.15, 0.2) is 0 Å². The third-order valence-corrected chi connectivity index (χ3v) is 1.90. The Kier molecular flexibility index (Phi) is 16.8. The standard InChI is InChI=1S/C2HI6N.C2H3I3/c3-1(4,5)9-2(6,7)8;1-2(3,4)5/h9H;1H3. The Morgan fingerprint density at radius 1 is 0.643 bits per heavy atom. The lowest BCUT2D eigenvalue weighted by atomic mass is 11.0. The van der Waals surface area contributed by atoms with E-state index in [4.69, 9.17) is 0 Å². The van der Waals surface area contributed by atoms with Gasteiger partial charge in [0.15, 0.2) is -0.882 Å². The van der Waals surface area contributed by atoms with Gasteiger partial charge in [0.05, 0.1) is 0 Å². The maximum absolute atomic E-state index is 3.38. The molecule has 88 valence electrons. The summed E-state index contributed by atoms with van der Waals surface area (Å²) in [5, 5.41) is 3.38. The number of hydrogen-bond acceptors (Lipinski definition) is 1. The van der Waals surface area contributed by atoms with Crippen LogP contribution in [0, 0.1) is 0 Å². The lowest BCUT2D eigenvalue weighted by Crippen LogP contribution is -2.35. The van der Waals surface area contributed by atoms with Crippen molar-refractivity contribution < 1.29 is 0 Å². The van der Waals surface area contributed by atoms with Crippen molar-refractivity contribution >= 4 is 203 Å². The van der Waals surface area contributed by atoms with Crippen LogP contribution in [0.1, 0.15) is 6.92 Å². The van der Waals surface area contributed by atoms with Gasteiger partial charge in [-0.15, -0.1) is 0 Å². The van der Waals surface area contributed by atoms with E-state index < -0.39 is 0 Å². The largest absolute Gasteiger partial charge is 0.255 e. The highest BCUT2D eigenvalue weighted by Gasteiger charge is 2.27. The van der Waals surface area contributed by atoms with E-state index in [1.54, 1.807) is 0 Å². The van der Waals surface area contributed by atoms with Crippen LogP contribution in [0.25, 0.3) is 0 Å². The lowest BCUT2D eigenvalue weighted by molar-refractivity contribution is 0.914. The van der Waals surface area contributed by atoms with E-state index in [9.17, 15) is 0 Å². The first-order chi connectivity index (χ1) is 5.71. The topological polar surface area (TPSA) is 12.0 Å². The minimum Gasteiger partial charge on any atom is -0.255 e. The molecule has 0 spiro atoms. The summed E-state index contributed by atoms with van der Waals surface area (Å²) in [7, 11) is 0. The number of halogens is 9. The molecule has 0 aliphatic carbocycles. The number of nitrogens with one attached hydrogen (secondary N) is 1. The highest BCUT2D eigenvalue weighted by atomic mass is 127. The Morgan fingerprint density at radius 3 is 0.786 bits per heavy atom. The van der Waals surface area contributed by atoms with Gasteiger partial charge in [-0.2, -0.15) is 0 Å². The van der Waals surface area contributed by atoms with Crippen LogP contribution in [0.5, 0.6) is 0 Å². The van der Waals surface area contributed by atoms with Crippen LogP contribution in [-0.2, 0) is 0 Å². The zero-order valence-corrected chi connectivity index (χ0v) is 25.8. The van der Waals surface area contributed by atoms with E-state index in [1.165, 1.54) is 0 Å². The summed E-state index contributed by atoms with van der Waals surface area (Å²) in [5.41, 5.74) is 0. The summed E-state index contributed by atoms with van der Waals surface area (Å²) < 4.78 is 0.654. The van der Waals surface area contributed by atoms with Crippen molar-refractivity contribution in [3.05, 3.63) is 0 Å². The number of alkyl halides is 9. The van der Waals surface area contributed by atoms with Crippen molar-refractivity contribution in [2.24, 2.45) is 0 Å². The van der Waals surface area contributed by atoms with E-state index in [2.05, 4.69) is 216 Å². The van der Waals surface area contributed by atoms with Crippen molar-refractivity contribution in [3.63, 3.8) is 0 Å². The van der Waals surface area contributed by atoms with Gasteiger partial charge >= 0.3 is 0 Å². The molecule has 0 amide bonds. The van der Waals surface area contributed by atoms with Gasteiger partial charge in [-0.3, -0.25) is 5.32 Å². The average molecular weight is 1210 g/mol. The molecule has 14 heavy (non-hydrogen) atoms. The van der Waals surface area contributed by atoms with Crippen molar-refractivity contribution in [3.8, 4) is 0 Å². The van der Waals surface area contributed by atoms with E-state index in [0.717, 1.165) is 0 Å². The SMILES string of the molecule is CC(I)(I)I.IC(I)(I)NC(I)(I)I. The van der Waals surface area contributed by atoms with E-state index in [0.29, 0.717) is -0.565 Å². The molecule has 0 aromatic rings. The first-order valence-corrected chi connectivity index (χ1v) is 12.4. The van der Waals surface area contributed by atoms with Gasteiger partial charge in [0.2, 0.25) is 0 Å². The maximum atomic E-state index is 3.38. The molecule has 0 rings (SSSR count). The van der Waals surface area contributed by atoms with Crippen molar-refractivity contribution in [2.75, 3.05) is 0 Å². The van der Waals surface area contributed by atoms with E-state index >= 15 is 0 Å². The number of rotatable bonds is 2. The van der Waals surface area contributed by atoms with Crippen LogP contribution in [0.3, 0.4) is 0 Å². The Labute approximate surface area is 208 Å². The lowest BCUT2D eigenvalue weighted by Gasteiger charge is -2.22. The monoisotopic (exact) mass is 1210 g/mol. The second-order valence-electron chi connectivity index (χ2n) is 1.90. The smallest absolute Gasteiger partial charge is 0.176 e. The molecule has 0 aliphatic rings. The van der Waals surface area contributed by atoms with Crippen molar-refractivity contribution in [1.82, 2.24) is 5.32 Å². The molecule has 0 aromatic heterocycles. The van der Waals surface area contributed by atoms with Gasteiger partial charge in [-0.1, -0.05) is 67.8 Å². The van der Waals surface area contributed by atoms with Crippen LogP contribution < -0.4 is 5.32 Å². The molecule has 0 aliphatic heterocycles. The first-order valence-electron chi connectivity index (χ1n) is 2.70. The van der Waals surface area contributed by atoms with Crippen LogP contribution >= 0.6 is 203 Å². The first kappa shape index (κ1) is 22.8. The molecule has 0 saturated heterocycles. The molecule has 0 unspecified atom stereocenters. The molecule has 0 aromatic carbocycles. The Morgan fingerprint density at radius 2 is 0.786 bits per heavy atom. The predicted molar refractivity (Wildman–Crippen MR) is 143 cm³/mol. The zero-order chi connectivity index (χ0) is 12.2. The van der Waals surface area contributed by atoms with Crippen LogP contribution in [0.4, 0.5) is 0 Å². The molecule has 0 saturated carbocycles. The third-order valence-electron chi connectivity index (χ3n) is 0.283. The molecule has 0 fully saturated rings. The molecule has 0 atom stereocenters. The molecular weight excluding hydrogens is 1200 g/mol. The zero-order valence-electron chi connectivity index (χ0n) is 6.40. The second-order valence-corrected chi connectivity index (χ2v) is 36.7. The Hall–Kier alpha value is 6.53. The van der Waals surface area contributed by atoms with Gasteiger partial charge in [-0.05, 0) is 142 Å². The molecule has 0 heterocycles. The minimum absolute atomic E-state index is 0.122. The maximum Gasteiger partial charge on any atom is 0.176 e. The summed E-state index contributed by atoms with van der Waals surface area (Å²) in [6, 6.07) is 0. The normalized spacial score (nSPS) is 13.3. The highest BCUT2D eigenvalue weighted by molar-refractivity contribution is 14.3. The third kappa shape index (κ3) is 36.3. The molecular formula is C4H4I9N. The summed E-state index contributed by atoms with van der Waals surface area (Å²) >= 11 is 21.2. The molecule has 1 N–H and O–H groups in total. The summed E-state index contributed by atoms with van der Waals surface area (Å²) in [4.78, 5) is 0. The fraction of sp³-hybridized carbons (Fsp3) is 1.00. The summed E-state index contributed by atoms with van der Waals surface area (Å²) in [6.45, 7) is 2.15. The van der Waals surface area contributed by atoms with E-state index in [-0.39, 0.29) is -0.882 Å². The predicted octanol–water partition coefficient (Wildman–Crippen LogP) is 7.37. The van der Waals surface area contributed by atoms with Crippen LogP contribution in [-0.4, -0.2) is -1.45 Å². The van der Waals surface area contributed by atoms with Gasteiger partial charge in [-0.25, -0.2) is 0 Å². The molecule has 0 radical (unpaired) electrons. The quantitative estimate of drug-likeness (QED) is 0.173. The van der Waals surface area contributed by atoms with E-state index in [1.807, 2.05) is 0 Å². The summed E-state index contributed by atoms with van der Waals surface area (Å²) in [6.07, 6.45) is 0. The van der Waals surface area contributed by atoms with Gasteiger partial charge in [0.25, 0.3) is 0 Å². The Balaban J connectivity index is 0. The fourth-order valence-corrected chi connectivity index (χ4v) is 7.23. The molecule has 10 heteroatoms. The van der Waals surface area contributed by atoms with Gasteiger partial charge < -0.3 is 0 Å². The van der Waals surface area contributed by atoms with Gasteiger partial charge in [0.1, 0.15) is -0.565 Å². The minimum atomic E-state index is 0.122. The van der Waals surface area contributed by atoms with Crippen LogP contribution in [0.2, 0.25) is 0 Å². The van der Waals surface area contributed by atoms with Crippen molar-refractivity contribution in [2.45, 2.75) is 5.48 Å². The summed E-state index contributed by atoms with van der Waals surface area (Å²) in [5.74, 6) is 0. The average Bonchev–Trinajstić information content (AvgIpc) is 1.42. The fourth-order valence-electron chi connectivity index (χ4n) is 0.161. The highest BCUT2D eigenvalue weighted by Crippen LogP contribution is 2.41. The molecule has 1 nitrogen and oxygen atoms in total. The second kappa shape index (κ2) is 10.3. The Bertz CT molecular complexity index is 132. The number of hydrogen-bond donors (Lipinski definition) is 1.